The number of nitrogens with zero attached hydrogens (tertiary/aromatic N) is 2. The maximum Gasteiger partial charge on any atom is 0.142 e. The molecule has 2 aromatic heterocycles. The van der Waals surface area contributed by atoms with E-state index in [0.29, 0.717) is 5.82 Å². The lowest BCUT2D eigenvalue weighted by Crippen LogP contribution is -1.82. The van der Waals surface area contributed by atoms with Crippen molar-refractivity contribution >= 4 is 34.1 Å². The Morgan fingerprint density at radius 3 is 3.00 bits per heavy atom. The maximum atomic E-state index is 5.51. The molecule has 56 valence electrons. The molecule has 0 unspecified atom stereocenters. The molecule has 0 aromatic carbocycles. The van der Waals surface area contributed by atoms with E-state index in [0.717, 1.165) is 5.65 Å². The van der Waals surface area contributed by atoms with Crippen LogP contribution >= 0.6 is 22.6 Å². The highest BCUT2D eigenvalue weighted by Gasteiger charge is 1.96. The van der Waals surface area contributed by atoms with E-state index in [-0.39, 0.29) is 0 Å². The summed E-state index contributed by atoms with van der Waals surface area (Å²) in [6.07, 6.45) is 3.79. The van der Waals surface area contributed by atoms with Crippen LogP contribution in [-0.2, 0) is 0 Å². The topological polar surface area (TPSA) is 43.3 Å². The number of rotatable bonds is 0. The van der Waals surface area contributed by atoms with Crippen molar-refractivity contribution in [3.8, 4) is 0 Å². The molecule has 0 spiro atoms. The lowest BCUT2D eigenvalue weighted by atomic mass is 10.5. The molecule has 0 aliphatic carbocycles. The molecule has 4 heteroatoms. The van der Waals surface area contributed by atoms with Gasteiger partial charge in [0, 0.05) is 9.77 Å². The van der Waals surface area contributed by atoms with Gasteiger partial charge in [-0.05, 0) is 34.7 Å². The van der Waals surface area contributed by atoms with E-state index >= 15 is 0 Å². The molecule has 0 bridgehead atoms. The number of nitrogen functional groups attached to an aromatic ring is 1. The molecule has 0 fully saturated rings. The maximum absolute atomic E-state index is 5.51. The van der Waals surface area contributed by atoms with Crippen molar-refractivity contribution in [2.75, 3.05) is 5.73 Å². The van der Waals surface area contributed by atoms with Crippen LogP contribution in [0, 0.1) is 3.57 Å². The monoisotopic (exact) mass is 259 g/mol. The first-order chi connectivity index (χ1) is 5.25. The molecule has 3 nitrogen and oxygen atoms in total. The third-order valence-electron chi connectivity index (χ3n) is 1.43. The van der Waals surface area contributed by atoms with Gasteiger partial charge in [0.2, 0.25) is 0 Å². The molecule has 2 heterocycles. The first-order valence-corrected chi connectivity index (χ1v) is 4.23. The molecule has 0 atom stereocenters. The minimum atomic E-state index is 0.562. The molecule has 0 saturated carbocycles. The standard InChI is InChI=1S/C7H6IN3/c8-5-1-2-7-10-6(9)4-11(7)3-5/h1-4H,9H2. The van der Waals surface area contributed by atoms with Gasteiger partial charge < -0.3 is 10.1 Å². The van der Waals surface area contributed by atoms with Gasteiger partial charge in [-0.2, -0.15) is 0 Å². The van der Waals surface area contributed by atoms with Crippen molar-refractivity contribution in [3.05, 3.63) is 28.1 Å². The summed E-state index contributed by atoms with van der Waals surface area (Å²) in [6, 6.07) is 3.94. The predicted octanol–water partition coefficient (Wildman–Crippen LogP) is 1.52. The zero-order chi connectivity index (χ0) is 7.84. The molecule has 0 amide bonds. The van der Waals surface area contributed by atoms with Gasteiger partial charge >= 0.3 is 0 Å². The normalized spacial score (nSPS) is 10.6. The number of aromatic nitrogens is 2. The lowest BCUT2D eigenvalue weighted by molar-refractivity contribution is 1.17. The Balaban J connectivity index is 2.82. The van der Waals surface area contributed by atoms with Crippen LogP contribution in [0.1, 0.15) is 0 Å². The molecule has 2 N–H and O–H groups in total. The fraction of sp³-hybridized carbons (Fsp3) is 0. The second kappa shape index (κ2) is 2.37. The van der Waals surface area contributed by atoms with Gasteiger partial charge in [0.05, 0.1) is 6.20 Å². The van der Waals surface area contributed by atoms with Crippen LogP contribution in [0.15, 0.2) is 24.5 Å². The highest BCUT2D eigenvalue weighted by atomic mass is 127. The molecule has 2 aromatic rings. The van der Waals surface area contributed by atoms with Gasteiger partial charge in [-0.3, -0.25) is 0 Å². The third-order valence-corrected chi connectivity index (χ3v) is 2.07. The van der Waals surface area contributed by atoms with E-state index in [4.69, 9.17) is 5.73 Å². The Bertz CT molecular complexity index is 393. The molecular formula is C7H6IN3. The fourth-order valence-corrected chi connectivity index (χ4v) is 1.46. The molecule has 0 saturated heterocycles. The zero-order valence-corrected chi connectivity index (χ0v) is 7.82. The van der Waals surface area contributed by atoms with Gasteiger partial charge in [0.15, 0.2) is 0 Å². The van der Waals surface area contributed by atoms with Gasteiger partial charge in [-0.25, -0.2) is 4.98 Å². The van der Waals surface area contributed by atoms with Crippen LogP contribution in [0.25, 0.3) is 5.65 Å². The summed E-state index contributed by atoms with van der Waals surface area (Å²) in [7, 11) is 0. The number of nitrogens with two attached hydrogens (primary N) is 1. The molecule has 11 heavy (non-hydrogen) atoms. The average Bonchev–Trinajstić information content (AvgIpc) is 2.27. The first-order valence-electron chi connectivity index (χ1n) is 3.15. The Labute approximate surface area is 77.4 Å². The van der Waals surface area contributed by atoms with Crippen LogP contribution in [0.4, 0.5) is 5.82 Å². The van der Waals surface area contributed by atoms with Crippen LogP contribution in [0.2, 0.25) is 0 Å². The summed E-state index contributed by atoms with van der Waals surface area (Å²) in [5, 5.41) is 0. The molecular weight excluding hydrogens is 253 g/mol. The van der Waals surface area contributed by atoms with E-state index in [2.05, 4.69) is 27.6 Å². The quantitative estimate of drug-likeness (QED) is 0.729. The van der Waals surface area contributed by atoms with Gasteiger partial charge in [0.25, 0.3) is 0 Å². The molecule has 0 radical (unpaired) electrons. The molecule has 2 rings (SSSR count). The molecule has 0 aliphatic rings. The van der Waals surface area contributed by atoms with E-state index in [9.17, 15) is 0 Å². The summed E-state index contributed by atoms with van der Waals surface area (Å²) in [6.45, 7) is 0. The largest absolute Gasteiger partial charge is 0.382 e. The van der Waals surface area contributed by atoms with Crippen LogP contribution in [0.5, 0.6) is 0 Å². The number of anilines is 1. The number of imidazole rings is 1. The fourth-order valence-electron chi connectivity index (χ4n) is 0.984. The molecule has 0 aliphatic heterocycles. The van der Waals surface area contributed by atoms with E-state index in [1.807, 2.05) is 22.7 Å². The van der Waals surface area contributed by atoms with Crippen LogP contribution < -0.4 is 5.73 Å². The number of fused-ring (bicyclic) bond motifs is 1. The minimum absolute atomic E-state index is 0.562. The highest BCUT2D eigenvalue weighted by Crippen LogP contribution is 2.09. The summed E-state index contributed by atoms with van der Waals surface area (Å²) in [5.74, 6) is 0.562. The lowest BCUT2D eigenvalue weighted by Gasteiger charge is -1.91. The summed E-state index contributed by atoms with van der Waals surface area (Å²) < 4.78 is 3.09. The van der Waals surface area contributed by atoms with Crippen LogP contribution in [0.3, 0.4) is 0 Å². The van der Waals surface area contributed by atoms with Gasteiger partial charge in [-0.15, -0.1) is 0 Å². The Kier molecular flexibility index (Phi) is 1.49. The van der Waals surface area contributed by atoms with Crippen LogP contribution in [-0.4, -0.2) is 9.38 Å². The first kappa shape index (κ1) is 6.90. The smallest absolute Gasteiger partial charge is 0.142 e. The highest BCUT2D eigenvalue weighted by molar-refractivity contribution is 14.1. The summed E-state index contributed by atoms with van der Waals surface area (Å²) >= 11 is 2.25. The number of hydrogen-bond acceptors (Lipinski definition) is 2. The number of hydrogen-bond donors (Lipinski definition) is 1. The van der Waals surface area contributed by atoms with E-state index in [1.54, 1.807) is 6.20 Å². The third kappa shape index (κ3) is 1.18. The van der Waals surface area contributed by atoms with Crippen molar-refractivity contribution in [3.63, 3.8) is 0 Å². The van der Waals surface area contributed by atoms with E-state index < -0.39 is 0 Å². The predicted molar refractivity (Wildman–Crippen MR) is 52.3 cm³/mol. The van der Waals surface area contributed by atoms with Crippen molar-refractivity contribution in [1.29, 1.82) is 0 Å². The number of pyridine rings is 1. The summed E-state index contributed by atoms with van der Waals surface area (Å²) in [4.78, 5) is 4.09. The average molecular weight is 259 g/mol. The number of halogens is 1. The Morgan fingerprint density at radius 2 is 2.18 bits per heavy atom. The van der Waals surface area contributed by atoms with E-state index in [1.165, 1.54) is 3.57 Å². The SMILES string of the molecule is Nc1cn2cc(I)ccc2n1. The van der Waals surface area contributed by atoms with Crippen molar-refractivity contribution < 1.29 is 0 Å². The van der Waals surface area contributed by atoms with Gasteiger partial charge in [0.1, 0.15) is 11.5 Å². The Morgan fingerprint density at radius 1 is 1.36 bits per heavy atom. The second-order valence-electron chi connectivity index (χ2n) is 2.28. The minimum Gasteiger partial charge on any atom is -0.382 e. The summed E-state index contributed by atoms with van der Waals surface area (Å²) in [5.41, 5.74) is 6.40. The van der Waals surface area contributed by atoms with Gasteiger partial charge in [-0.1, -0.05) is 0 Å². The Hall–Kier alpha value is -0.780. The zero-order valence-electron chi connectivity index (χ0n) is 5.66. The van der Waals surface area contributed by atoms with Crippen molar-refractivity contribution in [1.82, 2.24) is 9.38 Å². The van der Waals surface area contributed by atoms with Crippen molar-refractivity contribution in [2.24, 2.45) is 0 Å². The second-order valence-corrected chi connectivity index (χ2v) is 3.52. The van der Waals surface area contributed by atoms with Crippen molar-refractivity contribution in [2.45, 2.75) is 0 Å².